The lowest BCUT2D eigenvalue weighted by molar-refractivity contribution is -0.137. The summed E-state index contributed by atoms with van der Waals surface area (Å²) in [6.45, 7) is 4.07. The van der Waals surface area contributed by atoms with Crippen LogP contribution >= 0.6 is 13.5 Å². The number of carbonyl (C=O) groups excluding carboxylic acids is 1. The van der Waals surface area contributed by atoms with Gasteiger partial charge in [0.15, 0.2) is 0 Å². The third-order valence-corrected chi connectivity index (χ3v) is 4.87. The number of amides is 1. The Balaban J connectivity index is 0.00000272. The second kappa shape index (κ2) is 8.47. The summed E-state index contributed by atoms with van der Waals surface area (Å²) in [5, 5.41) is 4.29. The zero-order valence-electron chi connectivity index (χ0n) is 16.7. The van der Waals surface area contributed by atoms with Gasteiger partial charge in [0.25, 0.3) is 5.91 Å². The molecule has 160 valence electrons. The number of hydrogen-bond donors (Lipinski definition) is 0. The number of rotatable bonds is 1. The maximum Gasteiger partial charge on any atom is 0.416 e. The van der Waals surface area contributed by atoms with Crippen molar-refractivity contribution in [3.8, 4) is 11.8 Å². The number of pyridine rings is 1. The lowest BCUT2D eigenvalue weighted by Crippen LogP contribution is -2.43. The number of anilines is 1. The molecule has 0 bridgehead atoms. The van der Waals surface area contributed by atoms with Gasteiger partial charge in [0.2, 0.25) is 0 Å². The summed E-state index contributed by atoms with van der Waals surface area (Å²) in [5.41, 5.74) is 2.00. The number of aromatic nitrogens is 3. The van der Waals surface area contributed by atoms with Crippen molar-refractivity contribution in [2.45, 2.75) is 26.1 Å². The molecule has 4 rings (SSSR count). The van der Waals surface area contributed by atoms with Crippen LogP contribution in [0.1, 0.15) is 45.8 Å². The van der Waals surface area contributed by atoms with Crippen molar-refractivity contribution in [2.75, 3.05) is 11.4 Å². The lowest BCUT2D eigenvalue weighted by atomic mass is 10.1. The summed E-state index contributed by atoms with van der Waals surface area (Å²) in [6.07, 6.45) is -1.24. The van der Waals surface area contributed by atoms with Crippen LogP contribution in [0.25, 0.3) is 0 Å². The van der Waals surface area contributed by atoms with Crippen molar-refractivity contribution < 1.29 is 18.0 Å². The van der Waals surface area contributed by atoms with Crippen LogP contribution in [0, 0.1) is 18.8 Å². The molecule has 0 unspecified atom stereocenters. The first kappa shape index (κ1) is 22.4. The number of alkyl halides is 3. The van der Waals surface area contributed by atoms with Crippen LogP contribution in [0.15, 0.2) is 48.8 Å². The van der Waals surface area contributed by atoms with Gasteiger partial charge < -0.3 is 4.90 Å². The summed E-state index contributed by atoms with van der Waals surface area (Å²) in [5.74, 6) is 5.60. The summed E-state index contributed by atoms with van der Waals surface area (Å²) in [4.78, 5) is 18.8. The van der Waals surface area contributed by atoms with Gasteiger partial charge in [-0.2, -0.15) is 31.8 Å². The minimum absolute atomic E-state index is 0. The minimum Gasteiger partial charge on any atom is -0.305 e. The van der Waals surface area contributed by atoms with Gasteiger partial charge in [0, 0.05) is 29.7 Å². The van der Waals surface area contributed by atoms with Crippen LogP contribution in [-0.4, -0.2) is 27.2 Å². The largest absolute Gasteiger partial charge is 0.416 e. The Hall–Kier alpha value is -3.25. The topological polar surface area (TPSA) is 51.0 Å². The standard InChI is InChI=1S/C22H17F3N4O.H2S/c1-14-3-4-16(11-26-14)5-6-17-12-27-29-15(2)13-28(21(30)20(17)29)19-9-7-18(8-10-19)22(23,24)25;/h3-4,7-12,15H,13H2,1-2H3;1H2/t15-;/m0./s1. The van der Waals surface area contributed by atoms with E-state index in [1.54, 1.807) is 10.9 Å². The zero-order chi connectivity index (χ0) is 21.5. The van der Waals surface area contributed by atoms with E-state index in [0.29, 0.717) is 29.1 Å². The fraction of sp³-hybridized carbons (Fsp3) is 0.227. The van der Waals surface area contributed by atoms with E-state index >= 15 is 0 Å². The average Bonchev–Trinajstić information content (AvgIpc) is 3.15. The van der Waals surface area contributed by atoms with Crippen LogP contribution in [0.3, 0.4) is 0 Å². The van der Waals surface area contributed by atoms with Gasteiger partial charge in [-0.15, -0.1) is 0 Å². The molecule has 1 aromatic carbocycles. The monoisotopic (exact) mass is 444 g/mol. The molecule has 0 saturated heterocycles. The molecule has 0 saturated carbocycles. The molecule has 0 spiro atoms. The number of nitrogens with zero attached hydrogens (tertiary/aromatic N) is 4. The van der Waals surface area contributed by atoms with E-state index in [0.717, 1.165) is 17.8 Å². The molecule has 1 atom stereocenters. The summed E-state index contributed by atoms with van der Waals surface area (Å²) in [7, 11) is 0. The predicted octanol–water partition coefficient (Wildman–Crippen LogP) is 4.34. The first-order chi connectivity index (χ1) is 14.2. The van der Waals surface area contributed by atoms with Crippen molar-refractivity contribution in [3.63, 3.8) is 0 Å². The van der Waals surface area contributed by atoms with E-state index in [9.17, 15) is 18.0 Å². The zero-order valence-corrected chi connectivity index (χ0v) is 17.7. The molecule has 0 radical (unpaired) electrons. The van der Waals surface area contributed by atoms with E-state index < -0.39 is 11.7 Å². The van der Waals surface area contributed by atoms with Gasteiger partial charge in [-0.1, -0.05) is 11.8 Å². The molecule has 1 aliphatic heterocycles. The molecular weight excluding hydrogens is 425 g/mol. The van der Waals surface area contributed by atoms with E-state index in [1.165, 1.54) is 23.2 Å². The molecule has 3 heterocycles. The Kier molecular flexibility index (Phi) is 6.13. The van der Waals surface area contributed by atoms with Crippen molar-refractivity contribution in [1.29, 1.82) is 0 Å². The number of carbonyl (C=O) groups is 1. The molecule has 5 nitrogen and oxygen atoms in total. The number of hydrogen-bond acceptors (Lipinski definition) is 3. The second-order valence-electron chi connectivity index (χ2n) is 7.10. The molecule has 1 aliphatic rings. The lowest BCUT2D eigenvalue weighted by Gasteiger charge is -2.32. The Morgan fingerprint density at radius 1 is 1.06 bits per heavy atom. The predicted molar refractivity (Wildman–Crippen MR) is 115 cm³/mol. The Morgan fingerprint density at radius 2 is 1.77 bits per heavy atom. The maximum atomic E-state index is 13.1. The molecular formula is C22H19F3N4OS. The molecule has 1 amide bonds. The molecule has 2 aromatic heterocycles. The van der Waals surface area contributed by atoms with Crippen LogP contribution in [0.2, 0.25) is 0 Å². The molecule has 3 aromatic rings. The van der Waals surface area contributed by atoms with Gasteiger partial charge in [-0.3, -0.25) is 14.5 Å². The van der Waals surface area contributed by atoms with Gasteiger partial charge in [-0.05, 0) is 50.2 Å². The quantitative estimate of drug-likeness (QED) is 0.525. The van der Waals surface area contributed by atoms with E-state index in [-0.39, 0.29) is 25.4 Å². The molecule has 9 heteroatoms. The van der Waals surface area contributed by atoms with Crippen molar-refractivity contribution >= 4 is 25.1 Å². The highest BCUT2D eigenvalue weighted by atomic mass is 32.1. The van der Waals surface area contributed by atoms with Crippen molar-refractivity contribution in [2.24, 2.45) is 0 Å². The van der Waals surface area contributed by atoms with E-state index in [4.69, 9.17) is 0 Å². The highest BCUT2D eigenvalue weighted by Gasteiger charge is 2.34. The Morgan fingerprint density at radius 3 is 2.39 bits per heavy atom. The first-order valence-electron chi connectivity index (χ1n) is 9.25. The van der Waals surface area contributed by atoms with Gasteiger partial charge >= 0.3 is 6.18 Å². The van der Waals surface area contributed by atoms with E-state index in [1.807, 2.05) is 26.0 Å². The third kappa shape index (κ3) is 4.44. The maximum absolute atomic E-state index is 13.1. The number of fused-ring (bicyclic) bond motifs is 1. The fourth-order valence-corrected chi connectivity index (χ4v) is 3.29. The van der Waals surface area contributed by atoms with Crippen molar-refractivity contribution in [3.05, 3.63) is 76.9 Å². The summed E-state index contributed by atoms with van der Waals surface area (Å²) < 4.78 is 40.1. The highest BCUT2D eigenvalue weighted by Crippen LogP contribution is 2.32. The van der Waals surface area contributed by atoms with Crippen LogP contribution < -0.4 is 4.90 Å². The smallest absolute Gasteiger partial charge is 0.305 e. The normalized spacial score (nSPS) is 15.6. The Labute approximate surface area is 184 Å². The van der Waals surface area contributed by atoms with E-state index in [2.05, 4.69) is 21.9 Å². The number of halogens is 3. The molecule has 0 aliphatic carbocycles. The van der Waals surface area contributed by atoms with Gasteiger partial charge in [0.1, 0.15) is 5.69 Å². The summed E-state index contributed by atoms with van der Waals surface area (Å²) in [6, 6.07) is 8.10. The minimum atomic E-state index is -4.43. The van der Waals surface area contributed by atoms with Gasteiger partial charge in [0.05, 0.1) is 23.4 Å². The van der Waals surface area contributed by atoms with Gasteiger partial charge in [-0.25, -0.2) is 0 Å². The Bertz CT molecular complexity index is 1160. The fourth-order valence-electron chi connectivity index (χ4n) is 3.29. The number of benzene rings is 1. The van der Waals surface area contributed by atoms with Crippen LogP contribution in [0.5, 0.6) is 0 Å². The molecule has 31 heavy (non-hydrogen) atoms. The highest BCUT2D eigenvalue weighted by molar-refractivity contribution is 7.59. The SMILES string of the molecule is Cc1ccc(C#Cc2cnn3c2C(=O)N(c2ccc(C(F)(F)F)cc2)C[C@@H]3C)cn1.S. The first-order valence-corrected chi connectivity index (χ1v) is 9.25. The molecule has 0 fully saturated rings. The van der Waals surface area contributed by atoms with Crippen LogP contribution in [-0.2, 0) is 6.18 Å². The second-order valence-corrected chi connectivity index (χ2v) is 7.10. The van der Waals surface area contributed by atoms with Crippen molar-refractivity contribution in [1.82, 2.24) is 14.8 Å². The molecule has 0 N–H and O–H groups in total. The summed E-state index contributed by atoms with van der Waals surface area (Å²) >= 11 is 0. The van der Waals surface area contributed by atoms with Crippen LogP contribution in [0.4, 0.5) is 18.9 Å². The average molecular weight is 444 g/mol. The third-order valence-electron chi connectivity index (χ3n) is 4.87. The number of aryl methyl sites for hydroxylation is 1.